The van der Waals surface area contributed by atoms with Gasteiger partial charge in [-0.3, -0.25) is 0 Å². The van der Waals surface area contributed by atoms with E-state index in [0.29, 0.717) is 0 Å². The van der Waals surface area contributed by atoms with Gasteiger partial charge in [0.05, 0.1) is 22.8 Å². The molecule has 2 aromatic rings. The van der Waals surface area contributed by atoms with Gasteiger partial charge in [-0.15, -0.1) is 11.3 Å². The Bertz CT molecular complexity index is 369. The van der Waals surface area contributed by atoms with Crippen molar-refractivity contribution < 1.29 is 4.74 Å². The molecule has 0 N–H and O–H groups in total. The predicted molar refractivity (Wildman–Crippen MR) is 45.0 cm³/mol. The molecule has 1 radical (unpaired) electrons. The highest BCUT2D eigenvalue weighted by Gasteiger charge is 1.97. The standard InChI is InChI=1S/C8H6NOS/c1-10-6-2-3-8-7(4-6)9-5-11-8/h3-5H,1H3. The fourth-order valence-electron chi connectivity index (χ4n) is 0.901. The summed E-state index contributed by atoms with van der Waals surface area (Å²) in [5, 5.41) is 0. The largest absolute Gasteiger partial charge is 0.496 e. The highest BCUT2D eigenvalue weighted by atomic mass is 32.1. The number of thiazole rings is 1. The minimum absolute atomic E-state index is 0.739. The molecule has 0 saturated carbocycles. The summed E-state index contributed by atoms with van der Waals surface area (Å²) in [6.45, 7) is 0. The first kappa shape index (κ1) is 6.61. The van der Waals surface area contributed by atoms with Crippen LogP contribution in [0, 0.1) is 6.07 Å². The molecule has 0 spiro atoms. The van der Waals surface area contributed by atoms with Gasteiger partial charge in [0.25, 0.3) is 0 Å². The Balaban J connectivity index is 2.67. The van der Waals surface area contributed by atoms with Crippen molar-refractivity contribution in [3.05, 3.63) is 23.7 Å². The maximum Gasteiger partial charge on any atom is 0.129 e. The van der Waals surface area contributed by atoms with E-state index in [1.165, 1.54) is 0 Å². The van der Waals surface area contributed by atoms with Gasteiger partial charge in [-0.25, -0.2) is 4.98 Å². The smallest absolute Gasteiger partial charge is 0.129 e. The molecule has 0 fully saturated rings. The molecule has 2 nitrogen and oxygen atoms in total. The molecular weight excluding hydrogens is 158 g/mol. The van der Waals surface area contributed by atoms with Crippen molar-refractivity contribution in [3.63, 3.8) is 0 Å². The molecule has 1 aromatic heterocycles. The average Bonchev–Trinajstić information content (AvgIpc) is 2.50. The minimum atomic E-state index is 0.739. The third-order valence-electron chi connectivity index (χ3n) is 1.46. The first-order chi connectivity index (χ1) is 5.40. The van der Waals surface area contributed by atoms with Crippen molar-refractivity contribution >= 4 is 21.6 Å². The molecule has 0 amide bonds. The molecule has 0 saturated heterocycles. The molecule has 3 heteroatoms. The molecule has 0 bridgehead atoms. The van der Waals surface area contributed by atoms with E-state index >= 15 is 0 Å². The zero-order chi connectivity index (χ0) is 7.68. The number of methoxy groups -OCH3 is 1. The molecule has 1 heterocycles. The second-order valence-corrected chi connectivity index (χ2v) is 2.99. The number of benzene rings is 1. The van der Waals surface area contributed by atoms with Gasteiger partial charge in [-0.05, 0) is 6.07 Å². The number of rotatable bonds is 1. The predicted octanol–water partition coefficient (Wildman–Crippen LogP) is 2.11. The van der Waals surface area contributed by atoms with Crippen LogP contribution in [0.1, 0.15) is 0 Å². The SMILES string of the molecule is COc1[c]cc2scnc2c1. The normalized spacial score (nSPS) is 10.3. The Morgan fingerprint density at radius 1 is 1.64 bits per heavy atom. The maximum atomic E-state index is 5.00. The van der Waals surface area contributed by atoms with Crippen LogP contribution < -0.4 is 4.74 Å². The van der Waals surface area contributed by atoms with Crippen molar-refractivity contribution in [3.8, 4) is 5.75 Å². The number of hydrogen-bond acceptors (Lipinski definition) is 3. The zero-order valence-electron chi connectivity index (χ0n) is 6.00. The average molecular weight is 164 g/mol. The van der Waals surface area contributed by atoms with Crippen LogP contribution in [0.3, 0.4) is 0 Å². The number of nitrogens with zero attached hydrogens (tertiary/aromatic N) is 1. The quantitative estimate of drug-likeness (QED) is 0.644. The lowest BCUT2D eigenvalue weighted by molar-refractivity contribution is 0.414. The summed E-state index contributed by atoms with van der Waals surface area (Å²) in [5.41, 5.74) is 2.79. The van der Waals surface area contributed by atoms with Gasteiger partial charge in [-0.2, -0.15) is 0 Å². The molecular formula is C8H6NOS. The van der Waals surface area contributed by atoms with Gasteiger partial charge >= 0.3 is 0 Å². The fraction of sp³-hybridized carbons (Fsp3) is 0.125. The third-order valence-corrected chi connectivity index (χ3v) is 2.25. The number of fused-ring (bicyclic) bond motifs is 1. The van der Waals surface area contributed by atoms with Crippen molar-refractivity contribution in [2.45, 2.75) is 0 Å². The van der Waals surface area contributed by atoms with Gasteiger partial charge in [0.15, 0.2) is 0 Å². The summed E-state index contributed by atoms with van der Waals surface area (Å²) in [7, 11) is 1.63. The Morgan fingerprint density at radius 2 is 2.55 bits per heavy atom. The Labute approximate surface area is 68.5 Å². The van der Waals surface area contributed by atoms with E-state index in [4.69, 9.17) is 4.74 Å². The fourth-order valence-corrected chi connectivity index (χ4v) is 1.54. The van der Waals surface area contributed by atoms with Crippen LogP contribution in [-0.4, -0.2) is 12.1 Å². The molecule has 2 rings (SSSR count). The maximum absolute atomic E-state index is 5.00. The molecule has 55 valence electrons. The lowest BCUT2D eigenvalue weighted by Crippen LogP contribution is -1.81. The van der Waals surface area contributed by atoms with Gasteiger partial charge in [0.1, 0.15) is 5.75 Å². The van der Waals surface area contributed by atoms with Gasteiger partial charge in [0, 0.05) is 12.1 Å². The molecule has 0 aliphatic carbocycles. The lowest BCUT2D eigenvalue weighted by atomic mass is 10.3. The Morgan fingerprint density at radius 3 is 3.36 bits per heavy atom. The van der Waals surface area contributed by atoms with E-state index in [9.17, 15) is 0 Å². The second-order valence-electron chi connectivity index (χ2n) is 2.10. The van der Waals surface area contributed by atoms with Crippen molar-refractivity contribution in [2.75, 3.05) is 7.11 Å². The Hall–Kier alpha value is -1.09. The summed E-state index contributed by atoms with van der Waals surface area (Å²) >= 11 is 1.61. The monoisotopic (exact) mass is 164 g/mol. The number of aromatic nitrogens is 1. The molecule has 0 aliphatic rings. The van der Waals surface area contributed by atoms with Crippen LogP contribution in [0.25, 0.3) is 10.2 Å². The first-order valence-corrected chi connectivity index (χ1v) is 4.07. The van der Waals surface area contributed by atoms with Gasteiger partial charge in [0.2, 0.25) is 0 Å². The first-order valence-electron chi connectivity index (χ1n) is 3.19. The van der Waals surface area contributed by atoms with Crippen LogP contribution in [0.2, 0.25) is 0 Å². The van der Waals surface area contributed by atoms with Crippen LogP contribution in [0.5, 0.6) is 5.75 Å². The number of hydrogen-bond donors (Lipinski definition) is 0. The summed E-state index contributed by atoms with van der Waals surface area (Å²) in [5.74, 6) is 0.739. The van der Waals surface area contributed by atoms with Crippen LogP contribution in [-0.2, 0) is 0 Å². The van der Waals surface area contributed by atoms with E-state index in [0.717, 1.165) is 16.0 Å². The molecule has 0 atom stereocenters. The van der Waals surface area contributed by atoms with Crippen LogP contribution in [0.4, 0.5) is 0 Å². The van der Waals surface area contributed by atoms with Gasteiger partial charge in [-0.1, -0.05) is 0 Å². The van der Waals surface area contributed by atoms with Crippen molar-refractivity contribution in [2.24, 2.45) is 0 Å². The molecule has 1 aromatic carbocycles. The van der Waals surface area contributed by atoms with Crippen molar-refractivity contribution in [1.29, 1.82) is 0 Å². The summed E-state index contributed by atoms with van der Waals surface area (Å²) in [4.78, 5) is 4.15. The number of ether oxygens (including phenoxy) is 1. The summed E-state index contributed by atoms with van der Waals surface area (Å²) in [6.07, 6.45) is 0. The van der Waals surface area contributed by atoms with E-state index in [1.54, 1.807) is 18.4 Å². The highest BCUT2D eigenvalue weighted by molar-refractivity contribution is 7.16. The second kappa shape index (κ2) is 2.51. The van der Waals surface area contributed by atoms with E-state index < -0.39 is 0 Å². The van der Waals surface area contributed by atoms with Gasteiger partial charge < -0.3 is 4.74 Å². The van der Waals surface area contributed by atoms with E-state index in [-0.39, 0.29) is 0 Å². The zero-order valence-corrected chi connectivity index (χ0v) is 6.81. The molecule has 0 unspecified atom stereocenters. The van der Waals surface area contributed by atoms with Crippen LogP contribution >= 0.6 is 11.3 Å². The van der Waals surface area contributed by atoms with E-state index in [1.807, 2.05) is 17.6 Å². The molecule has 11 heavy (non-hydrogen) atoms. The van der Waals surface area contributed by atoms with Crippen LogP contribution in [0.15, 0.2) is 17.6 Å². The topological polar surface area (TPSA) is 22.1 Å². The third kappa shape index (κ3) is 1.07. The van der Waals surface area contributed by atoms with Crippen molar-refractivity contribution in [1.82, 2.24) is 4.98 Å². The molecule has 0 aliphatic heterocycles. The Kier molecular flexibility index (Phi) is 1.51. The minimum Gasteiger partial charge on any atom is -0.496 e. The van der Waals surface area contributed by atoms with E-state index in [2.05, 4.69) is 11.1 Å². The highest BCUT2D eigenvalue weighted by Crippen LogP contribution is 2.21. The summed E-state index contributed by atoms with van der Waals surface area (Å²) in [6, 6.07) is 6.77. The summed E-state index contributed by atoms with van der Waals surface area (Å²) < 4.78 is 6.14. The lowest BCUT2D eigenvalue weighted by Gasteiger charge is -1.95.